The van der Waals surface area contributed by atoms with E-state index in [9.17, 15) is 9.59 Å². The van der Waals surface area contributed by atoms with Crippen molar-refractivity contribution in [3.8, 4) is 5.75 Å². The van der Waals surface area contributed by atoms with Gasteiger partial charge in [0.25, 0.3) is 5.91 Å². The highest BCUT2D eigenvalue weighted by Crippen LogP contribution is 2.20. The molecule has 1 aromatic rings. The Hall–Kier alpha value is -2.04. The lowest BCUT2D eigenvalue weighted by molar-refractivity contribution is -0.138. The molecule has 0 spiro atoms. The van der Waals surface area contributed by atoms with E-state index in [1.165, 1.54) is 4.90 Å². The lowest BCUT2D eigenvalue weighted by Crippen LogP contribution is -2.32. The average Bonchev–Trinajstić information content (AvgIpc) is 2.39. The van der Waals surface area contributed by atoms with Crippen LogP contribution in [0.5, 0.6) is 5.75 Å². The maximum absolute atomic E-state index is 11.8. The van der Waals surface area contributed by atoms with Crippen LogP contribution in [0.15, 0.2) is 18.2 Å². The fraction of sp³-hybridized carbons (Fsp3) is 0.467. The van der Waals surface area contributed by atoms with E-state index < -0.39 is 5.97 Å². The summed E-state index contributed by atoms with van der Waals surface area (Å²) in [5, 5.41) is 8.55. The van der Waals surface area contributed by atoms with E-state index in [-0.39, 0.29) is 18.9 Å². The largest absolute Gasteiger partial charge is 0.483 e. The number of aryl methyl sites for hydroxylation is 1. The summed E-state index contributed by atoms with van der Waals surface area (Å²) in [5.74, 6) is -0.300. The molecule has 110 valence electrons. The Morgan fingerprint density at radius 1 is 1.30 bits per heavy atom. The molecule has 1 amide bonds. The SMILES string of the molecule is Cc1cccc(OCC(=O)N(C)CCCC(=O)O)c1C. The molecule has 0 saturated heterocycles. The van der Waals surface area contributed by atoms with Gasteiger partial charge in [-0.3, -0.25) is 9.59 Å². The van der Waals surface area contributed by atoms with Gasteiger partial charge in [0.05, 0.1) is 0 Å². The zero-order chi connectivity index (χ0) is 15.1. The molecule has 0 aliphatic carbocycles. The molecule has 0 aliphatic heterocycles. The summed E-state index contributed by atoms with van der Waals surface area (Å²) in [6.07, 6.45) is 0.510. The van der Waals surface area contributed by atoms with E-state index in [0.29, 0.717) is 18.7 Å². The monoisotopic (exact) mass is 279 g/mol. The summed E-state index contributed by atoms with van der Waals surface area (Å²) in [6, 6.07) is 5.71. The molecular weight excluding hydrogens is 258 g/mol. The highest BCUT2D eigenvalue weighted by Gasteiger charge is 2.11. The second kappa shape index (κ2) is 7.53. The molecule has 1 N–H and O–H groups in total. The Bertz CT molecular complexity index is 485. The summed E-state index contributed by atoms with van der Waals surface area (Å²) >= 11 is 0. The quantitative estimate of drug-likeness (QED) is 0.829. The van der Waals surface area contributed by atoms with E-state index in [2.05, 4.69) is 0 Å². The zero-order valence-electron chi connectivity index (χ0n) is 12.2. The molecule has 1 aromatic carbocycles. The van der Waals surface area contributed by atoms with Gasteiger partial charge in [-0.2, -0.15) is 0 Å². The minimum Gasteiger partial charge on any atom is -0.483 e. The van der Waals surface area contributed by atoms with Crippen molar-refractivity contribution >= 4 is 11.9 Å². The van der Waals surface area contributed by atoms with Gasteiger partial charge in [0.1, 0.15) is 5.75 Å². The van der Waals surface area contributed by atoms with Crippen molar-refractivity contribution in [3.63, 3.8) is 0 Å². The molecule has 5 heteroatoms. The highest BCUT2D eigenvalue weighted by molar-refractivity contribution is 5.77. The number of hydrogen-bond donors (Lipinski definition) is 1. The van der Waals surface area contributed by atoms with Crippen LogP contribution in [0.25, 0.3) is 0 Å². The number of carbonyl (C=O) groups excluding carboxylic acids is 1. The molecule has 0 radical (unpaired) electrons. The van der Waals surface area contributed by atoms with Gasteiger partial charge in [-0.15, -0.1) is 0 Å². The van der Waals surface area contributed by atoms with Crippen molar-refractivity contribution in [1.82, 2.24) is 4.90 Å². The van der Waals surface area contributed by atoms with Crippen molar-refractivity contribution in [3.05, 3.63) is 29.3 Å². The number of hydrogen-bond acceptors (Lipinski definition) is 3. The average molecular weight is 279 g/mol. The van der Waals surface area contributed by atoms with Crippen LogP contribution in [0.3, 0.4) is 0 Å². The normalized spacial score (nSPS) is 10.2. The fourth-order valence-corrected chi connectivity index (χ4v) is 1.72. The third-order valence-electron chi connectivity index (χ3n) is 3.22. The van der Waals surface area contributed by atoms with Gasteiger partial charge >= 0.3 is 5.97 Å². The second-order valence-corrected chi connectivity index (χ2v) is 4.80. The molecule has 5 nitrogen and oxygen atoms in total. The maximum Gasteiger partial charge on any atom is 0.303 e. The lowest BCUT2D eigenvalue weighted by Gasteiger charge is -2.17. The first-order valence-electron chi connectivity index (χ1n) is 6.56. The number of amides is 1. The van der Waals surface area contributed by atoms with Crippen LogP contribution in [0.1, 0.15) is 24.0 Å². The van der Waals surface area contributed by atoms with Crippen LogP contribution >= 0.6 is 0 Å². The molecule has 0 heterocycles. The van der Waals surface area contributed by atoms with Crippen molar-refractivity contribution in [2.24, 2.45) is 0 Å². The van der Waals surface area contributed by atoms with Gasteiger partial charge in [-0.05, 0) is 37.5 Å². The molecular formula is C15H21NO4. The first-order chi connectivity index (χ1) is 9.41. The van der Waals surface area contributed by atoms with Crippen molar-refractivity contribution in [2.75, 3.05) is 20.2 Å². The number of carboxylic acids is 1. The van der Waals surface area contributed by atoms with E-state index in [4.69, 9.17) is 9.84 Å². The number of carboxylic acid groups (broad SMARTS) is 1. The van der Waals surface area contributed by atoms with Crippen LogP contribution < -0.4 is 4.74 Å². The Labute approximate surface area is 119 Å². The molecule has 0 aliphatic rings. The van der Waals surface area contributed by atoms with Crippen molar-refractivity contribution in [1.29, 1.82) is 0 Å². The predicted octanol–water partition coefficient (Wildman–Crippen LogP) is 2.01. The summed E-state index contributed by atoms with van der Waals surface area (Å²) in [4.78, 5) is 23.7. The highest BCUT2D eigenvalue weighted by atomic mass is 16.5. The summed E-state index contributed by atoms with van der Waals surface area (Å²) in [6.45, 7) is 4.32. The minimum atomic E-state index is -0.850. The third-order valence-corrected chi connectivity index (χ3v) is 3.22. The number of nitrogens with zero attached hydrogens (tertiary/aromatic N) is 1. The summed E-state index contributed by atoms with van der Waals surface area (Å²) in [7, 11) is 1.65. The fourth-order valence-electron chi connectivity index (χ4n) is 1.72. The van der Waals surface area contributed by atoms with Gasteiger partial charge in [-0.25, -0.2) is 0 Å². The number of aliphatic carboxylic acids is 1. The van der Waals surface area contributed by atoms with Gasteiger partial charge in [0, 0.05) is 20.0 Å². The molecule has 0 atom stereocenters. The molecule has 0 unspecified atom stereocenters. The molecule has 0 fully saturated rings. The zero-order valence-corrected chi connectivity index (χ0v) is 12.2. The Balaban J connectivity index is 2.42. The summed E-state index contributed by atoms with van der Waals surface area (Å²) < 4.78 is 5.52. The van der Waals surface area contributed by atoms with Gasteiger partial charge in [0.2, 0.25) is 0 Å². The smallest absolute Gasteiger partial charge is 0.303 e. The molecule has 20 heavy (non-hydrogen) atoms. The standard InChI is InChI=1S/C15H21NO4/c1-11-6-4-7-13(12(11)2)20-10-14(17)16(3)9-5-8-15(18)19/h4,6-7H,5,8-10H2,1-3H3,(H,18,19). The van der Waals surface area contributed by atoms with Gasteiger partial charge in [-0.1, -0.05) is 12.1 Å². The predicted molar refractivity (Wildman–Crippen MR) is 75.9 cm³/mol. The Morgan fingerprint density at radius 3 is 2.65 bits per heavy atom. The van der Waals surface area contributed by atoms with Crippen molar-refractivity contribution < 1.29 is 19.4 Å². The molecule has 0 aromatic heterocycles. The number of rotatable bonds is 7. The third kappa shape index (κ3) is 4.91. The lowest BCUT2D eigenvalue weighted by atomic mass is 10.1. The van der Waals surface area contributed by atoms with E-state index in [1.54, 1.807) is 7.05 Å². The van der Waals surface area contributed by atoms with Crippen LogP contribution in [0.4, 0.5) is 0 Å². The number of benzene rings is 1. The number of carbonyl (C=O) groups is 2. The second-order valence-electron chi connectivity index (χ2n) is 4.80. The van der Waals surface area contributed by atoms with Gasteiger partial charge < -0.3 is 14.7 Å². The first-order valence-corrected chi connectivity index (χ1v) is 6.56. The topological polar surface area (TPSA) is 66.8 Å². The summed E-state index contributed by atoms with van der Waals surface area (Å²) in [5.41, 5.74) is 2.14. The number of ether oxygens (including phenoxy) is 1. The van der Waals surface area contributed by atoms with Crippen LogP contribution in [-0.2, 0) is 9.59 Å². The Kier molecular flexibility index (Phi) is 6.03. The van der Waals surface area contributed by atoms with E-state index in [0.717, 1.165) is 11.1 Å². The van der Waals surface area contributed by atoms with E-state index >= 15 is 0 Å². The van der Waals surface area contributed by atoms with Crippen molar-refractivity contribution in [2.45, 2.75) is 26.7 Å². The van der Waals surface area contributed by atoms with Crippen LogP contribution in [-0.4, -0.2) is 42.1 Å². The van der Waals surface area contributed by atoms with E-state index in [1.807, 2.05) is 32.0 Å². The van der Waals surface area contributed by atoms with Crippen LogP contribution in [0.2, 0.25) is 0 Å². The van der Waals surface area contributed by atoms with Crippen LogP contribution in [0, 0.1) is 13.8 Å². The minimum absolute atomic E-state index is 0.0339. The van der Waals surface area contributed by atoms with Gasteiger partial charge in [0.15, 0.2) is 6.61 Å². The number of likely N-dealkylation sites (N-methyl/N-ethyl adjacent to an activating group) is 1. The Morgan fingerprint density at radius 2 is 2.00 bits per heavy atom. The maximum atomic E-state index is 11.8. The molecule has 0 bridgehead atoms. The molecule has 0 saturated carbocycles. The first kappa shape index (κ1) is 16.0. The molecule has 1 rings (SSSR count).